The average molecular weight is 354 g/mol. The Morgan fingerprint density at radius 1 is 1.24 bits per heavy atom. The first-order valence-electron chi connectivity index (χ1n) is 7.83. The molecule has 5 heteroatoms. The molecule has 1 aromatic rings. The SMILES string of the molecule is NCCc1cc(Br)ccc1N1CCC(N2CCOCC2)C1. The number of hydrogen-bond donors (Lipinski definition) is 1. The number of rotatable bonds is 4. The van der Waals surface area contributed by atoms with Gasteiger partial charge in [0.05, 0.1) is 13.2 Å². The lowest BCUT2D eigenvalue weighted by molar-refractivity contribution is 0.0209. The van der Waals surface area contributed by atoms with Gasteiger partial charge in [-0.05, 0) is 43.1 Å². The second-order valence-electron chi connectivity index (χ2n) is 5.85. The van der Waals surface area contributed by atoms with Gasteiger partial charge in [0.1, 0.15) is 0 Å². The molecule has 2 fully saturated rings. The third-order valence-electron chi connectivity index (χ3n) is 4.52. The van der Waals surface area contributed by atoms with Gasteiger partial charge in [0.15, 0.2) is 0 Å². The summed E-state index contributed by atoms with van der Waals surface area (Å²) in [5.41, 5.74) is 8.48. The summed E-state index contributed by atoms with van der Waals surface area (Å²) in [6.45, 7) is 6.88. The summed E-state index contributed by atoms with van der Waals surface area (Å²) in [6.07, 6.45) is 2.19. The van der Waals surface area contributed by atoms with Crippen LogP contribution in [0, 0.1) is 0 Å². The van der Waals surface area contributed by atoms with Crippen molar-refractivity contribution < 1.29 is 4.74 Å². The predicted molar refractivity (Wildman–Crippen MR) is 89.9 cm³/mol. The quantitative estimate of drug-likeness (QED) is 0.896. The molecular formula is C16H24BrN3O. The van der Waals surface area contributed by atoms with E-state index in [1.807, 2.05) is 0 Å². The van der Waals surface area contributed by atoms with E-state index in [2.05, 4.69) is 43.9 Å². The van der Waals surface area contributed by atoms with E-state index < -0.39 is 0 Å². The molecule has 1 atom stereocenters. The van der Waals surface area contributed by atoms with Crippen LogP contribution in [0.2, 0.25) is 0 Å². The molecule has 2 saturated heterocycles. The van der Waals surface area contributed by atoms with E-state index in [9.17, 15) is 0 Å². The van der Waals surface area contributed by atoms with Crippen LogP contribution < -0.4 is 10.6 Å². The molecular weight excluding hydrogens is 330 g/mol. The molecule has 116 valence electrons. The average Bonchev–Trinajstić information content (AvgIpc) is 2.98. The molecule has 0 amide bonds. The lowest BCUT2D eigenvalue weighted by Gasteiger charge is -2.32. The van der Waals surface area contributed by atoms with E-state index >= 15 is 0 Å². The first-order chi connectivity index (χ1) is 10.3. The molecule has 2 aliphatic heterocycles. The van der Waals surface area contributed by atoms with Gasteiger partial charge in [-0.25, -0.2) is 0 Å². The maximum atomic E-state index is 5.77. The zero-order valence-electron chi connectivity index (χ0n) is 12.4. The number of nitrogens with zero attached hydrogens (tertiary/aromatic N) is 2. The Morgan fingerprint density at radius 2 is 2.05 bits per heavy atom. The van der Waals surface area contributed by atoms with Gasteiger partial charge >= 0.3 is 0 Å². The molecule has 2 heterocycles. The highest BCUT2D eigenvalue weighted by atomic mass is 79.9. The topological polar surface area (TPSA) is 41.7 Å². The second-order valence-corrected chi connectivity index (χ2v) is 6.76. The van der Waals surface area contributed by atoms with Crippen molar-refractivity contribution in [2.45, 2.75) is 18.9 Å². The van der Waals surface area contributed by atoms with Gasteiger partial charge in [-0.3, -0.25) is 4.90 Å². The van der Waals surface area contributed by atoms with Crippen LogP contribution in [0.15, 0.2) is 22.7 Å². The Balaban J connectivity index is 1.70. The summed E-state index contributed by atoms with van der Waals surface area (Å²) >= 11 is 3.57. The molecule has 4 nitrogen and oxygen atoms in total. The molecule has 0 radical (unpaired) electrons. The summed E-state index contributed by atoms with van der Waals surface area (Å²) in [5.74, 6) is 0. The number of anilines is 1. The number of hydrogen-bond acceptors (Lipinski definition) is 4. The van der Waals surface area contributed by atoms with Crippen molar-refractivity contribution in [3.8, 4) is 0 Å². The number of ether oxygens (including phenoxy) is 1. The third kappa shape index (κ3) is 3.59. The molecule has 1 unspecified atom stereocenters. The van der Waals surface area contributed by atoms with Crippen molar-refractivity contribution >= 4 is 21.6 Å². The number of morpholine rings is 1. The zero-order chi connectivity index (χ0) is 14.7. The van der Waals surface area contributed by atoms with Crippen LogP contribution in [-0.2, 0) is 11.2 Å². The summed E-state index contributed by atoms with van der Waals surface area (Å²) in [7, 11) is 0. The summed E-state index contributed by atoms with van der Waals surface area (Å²) < 4.78 is 6.60. The highest BCUT2D eigenvalue weighted by molar-refractivity contribution is 9.10. The van der Waals surface area contributed by atoms with Crippen molar-refractivity contribution in [3.63, 3.8) is 0 Å². The summed E-state index contributed by atoms with van der Waals surface area (Å²) in [6, 6.07) is 7.25. The van der Waals surface area contributed by atoms with Crippen LogP contribution in [0.5, 0.6) is 0 Å². The fourth-order valence-electron chi connectivity index (χ4n) is 3.42. The standard InChI is InChI=1S/C16H24BrN3O/c17-14-1-2-16(13(11-14)3-5-18)20-6-4-15(12-20)19-7-9-21-10-8-19/h1-2,11,15H,3-10,12,18H2. The number of benzene rings is 1. The molecule has 0 aromatic heterocycles. The zero-order valence-corrected chi connectivity index (χ0v) is 14.0. The molecule has 1 aromatic carbocycles. The molecule has 2 aliphatic rings. The van der Waals surface area contributed by atoms with E-state index in [4.69, 9.17) is 10.5 Å². The monoisotopic (exact) mass is 353 g/mol. The van der Waals surface area contributed by atoms with Gasteiger partial charge in [-0.2, -0.15) is 0 Å². The highest BCUT2D eigenvalue weighted by Gasteiger charge is 2.29. The van der Waals surface area contributed by atoms with Gasteiger partial charge in [-0.1, -0.05) is 15.9 Å². The first kappa shape index (κ1) is 15.3. The number of nitrogens with two attached hydrogens (primary N) is 1. The molecule has 3 rings (SSSR count). The van der Waals surface area contributed by atoms with Crippen LogP contribution in [0.1, 0.15) is 12.0 Å². The molecule has 0 saturated carbocycles. The van der Waals surface area contributed by atoms with Gasteiger partial charge < -0.3 is 15.4 Å². The van der Waals surface area contributed by atoms with Crippen molar-refractivity contribution in [1.82, 2.24) is 4.90 Å². The highest BCUT2D eigenvalue weighted by Crippen LogP contribution is 2.29. The minimum atomic E-state index is 0.670. The number of halogens is 1. The van der Waals surface area contributed by atoms with E-state index in [-0.39, 0.29) is 0 Å². The fourth-order valence-corrected chi connectivity index (χ4v) is 3.83. The molecule has 2 N–H and O–H groups in total. The van der Waals surface area contributed by atoms with Crippen molar-refractivity contribution in [3.05, 3.63) is 28.2 Å². The van der Waals surface area contributed by atoms with Crippen molar-refractivity contribution in [2.75, 3.05) is 50.8 Å². The van der Waals surface area contributed by atoms with E-state index in [0.29, 0.717) is 12.6 Å². The maximum absolute atomic E-state index is 5.77. The molecule has 21 heavy (non-hydrogen) atoms. The largest absolute Gasteiger partial charge is 0.379 e. The van der Waals surface area contributed by atoms with Crippen LogP contribution in [-0.4, -0.2) is 56.9 Å². The van der Waals surface area contributed by atoms with Gasteiger partial charge in [0.25, 0.3) is 0 Å². The lowest BCUT2D eigenvalue weighted by atomic mass is 10.1. The Bertz CT molecular complexity index is 477. The van der Waals surface area contributed by atoms with Gasteiger partial charge in [0.2, 0.25) is 0 Å². The fraction of sp³-hybridized carbons (Fsp3) is 0.625. The minimum Gasteiger partial charge on any atom is -0.379 e. The Morgan fingerprint density at radius 3 is 2.81 bits per heavy atom. The summed E-state index contributed by atoms with van der Waals surface area (Å²) in [4.78, 5) is 5.11. The minimum absolute atomic E-state index is 0.670. The van der Waals surface area contributed by atoms with E-state index in [1.54, 1.807) is 0 Å². The Kier molecular flexibility index (Phi) is 5.16. The van der Waals surface area contributed by atoms with E-state index in [0.717, 1.165) is 50.3 Å². The van der Waals surface area contributed by atoms with Crippen molar-refractivity contribution in [1.29, 1.82) is 0 Å². The van der Waals surface area contributed by atoms with Crippen LogP contribution in [0.3, 0.4) is 0 Å². The third-order valence-corrected chi connectivity index (χ3v) is 5.01. The smallest absolute Gasteiger partial charge is 0.0594 e. The molecule has 0 spiro atoms. The van der Waals surface area contributed by atoms with Gasteiger partial charge in [-0.15, -0.1) is 0 Å². The van der Waals surface area contributed by atoms with Crippen LogP contribution in [0.4, 0.5) is 5.69 Å². The Hall–Kier alpha value is -0.620. The normalized spacial score (nSPS) is 23.7. The van der Waals surface area contributed by atoms with Crippen LogP contribution in [0.25, 0.3) is 0 Å². The molecule has 0 bridgehead atoms. The Labute approximate surface area is 135 Å². The second kappa shape index (κ2) is 7.09. The van der Waals surface area contributed by atoms with E-state index in [1.165, 1.54) is 17.7 Å². The van der Waals surface area contributed by atoms with Crippen molar-refractivity contribution in [2.24, 2.45) is 5.73 Å². The summed E-state index contributed by atoms with van der Waals surface area (Å²) in [5, 5.41) is 0. The molecule has 0 aliphatic carbocycles. The predicted octanol–water partition coefficient (Wildman–Crippen LogP) is 1.86. The van der Waals surface area contributed by atoms with Gasteiger partial charge in [0, 0.05) is 42.4 Å². The maximum Gasteiger partial charge on any atom is 0.0594 e. The van der Waals surface area contributed by atoms with Crippen LogP contribution >= 0.6 is 15.9 Å². The first-order valence-corrected chi connectivity index (χ1v) is 8.62. The lowest BCUT2D eigenvalue weighted by Crippen LogP contribution is -2.44.